The molecule has 4 N–H and O–H groups in total. The molecule has 15 heavy (non-hydrogen) atoms. The van der Waals surface area contributed by atoms with Crippen LogP contribution in [0.4, 0.5) is 0 Å². The molecule has 0 aliphatic heterocycles. The lowest BCUT2D eigenvalue weighted by Crippen LogP contribution is -2.42. The Morgan fingerprint density at radius 2 is 1.87 bits per heavy atom. The fourth-order valence-corrected chi connectivity index (χ4v) is 1.34. The number of carbonyl (C=O) groups excluding carboxylic acids is 1. The van der Waals surface area contributed by atoms with Crippen molar-refractivity contribution in [2.24, 2.45) is 17.6 Å². The fraction of sp³-hybridized carbons (Fsp3) is 0.800. The molecule has 0 bridgehead atoms. The smallest absolute Gasteiger partial charge is 0.305 e. The van der Waals surface area contributed by atoms with Gasteiger partial charge in [-0.05, 0) is 12.8 Å². The van der Waals surface area contributed by atoms with Crippen molar-refractivity contribution in [2.45, 2.75) is 33.2 Å². The molecule has 0 spiro atoms. The first kappa shape index (κ1) is 13.9. The first-order valence-corrected chi connectivity index (χ1v) is 5.10. The van der Waals surface area contributed by atoms with Gasteiger partial charge in [0, 0.05) is 12.6 Å². The third-order valence-electron chi connectivity index (χ3n) is 2.26. The third-order valence-corrected chi connectivity index (χ3v) is 2.26. The molecule has 0 aromatic carbocycles. The van der Waals surface area contributed by atoms with Crippen molar-refractivity contribution in [3.63, 3.8) is 0 Å². The number of nitrogens with two attached hydrogens (primary N) is 1. The molecular formula is C10H20N2O3. The van der Waals surface area contributed by atoms with Gasteiger partial charge in [-0.15, -0.1) is 0 Å². The molecule has 0 aliphatic rings. The number of amides is 1. The van der Waals surface area contributed by atoms with Crippen LogP contribution in [0.5, 0.6) is 0 Å². The average Bonchev–Trinajstić information content (AvgIpc) is 2.01. The van der Waals surface area contributed by atoms with Gasteiger partial charge < -0.3 is 16.2 Å². The zero-order chi connectivity index (χ0) is 12.0. The van der Waals surface area contributed by atoms with E-state index in [4.69, 9.17) is 10.8 Å². The maximum absolute atomic E-state index is 11.6. The standard InChI is InChI=1S/C10H20N2O3/c1-6(2)8(5-11)10(15)12-7(3)4-9(13)14/h6-8H,4-5,11H2,1-3H3,(H,12,15)(H,13,14). The lowest BCUT2D eigenvalue weighted by molar-refractivity contribution is -0.137. The summed E-state index contributed by atoms with van der Waals surface area (Å²) < 4.78 is 0. The number of rotatable bonds is 6. The second kappa shape index (κ2) is 6.40. The van der Waals surface area contributed by atoms with Crippen LogP contribution >= 0.6 is 0 Å². The molecule has 1 amide bonds. The number of nitrogens with one attached hydrogen (secondary N) is 1. The Kier molecular flexibility index (Phi) is 5.93. The van der Waals surface area contributed by atoms with Gasteiger partial charge in [-0.2, -0.15) is 0 Å². The minimum Gasteiger partial charge on any atom is -0.481 e. The highest BCUT2D eigenvalue weighted by Gasteiger charge is 2.22. The first-order valence-electron chi connectivity index (χ1n) is 5.10. The molecule has 0 fully saturated rings. The summed E-state index contributed by atoms with van der Waals surface area (Å²) in [7, 11) is 0. The van der Waals surface area contributed by atoms with E-state index in [1.165, 1.54) is 0 Å². The molecule has 5 nitrogen and oxygen atoms in total. The van der Waals surface area contributed by atoms with Crippen LogP contribution in [0.2, 0.25) is 0 Å². The highest BCUT2D eigenvalue weighted by atomic mass is 16.4. The first-order chi connectivity index (χ1) is 6.88. The van der Waals surface area contributed by atoms with Gasteiger partial charge in [0.15, 0.2) is 0 Å². The molecule has 2 atom stereocenters. The highest BCUT2D eigenvalue weighted by molar-refractivity contribution is 5.80. The van der Waals surface area contributed by atoms with Crippen LogP contribution in [0, 0.1) is 11.8 Å². The van der Waals surface area contributed by atoms with Gasteiger partial charge in [-0.3, -0.25) is 9.59 Å². The number of carbonyl (C=O) groups is 2. The Hall–Kier alpha value is -1.10. The predicted molar refractivity (Wildman–Crippen MR) is 57.2 cm³/mol. The van der Waals surface area contributed by atoms with Crippen molar-refractivity contribution in [3.8, 4) is 0 Å². The summed E-state index contributed by atoms with van der Waals surface area (Å²) in [5, 5.41) is 11.2. The van der Waals surface area contributed by atoms with E-state index in [1.54, 1.807) is 6.92 Å². The monoisotopic (exact) mass is 216 g/mol. The van der Waals surface area contributed by atoms with Gasteiger partial charge in [0.1, 0.15) is 0 Å². The number of aliphatic carboxylic acids is 1. The molecule has 0 aliphatic carbocycles. The van der Waals surface area contributed by atoms with E-state index in [1.807, 2.05) is 13.8 Å². The lowest BCUT2D eigenvalue weighted by atomic mass is 9.95. The van der Waals surface area contributed by atoms with E-state index >= 15 is 0 Å². The Balaban J connectivity index is 4.16. The summed E-state index contributed by atoms with van der Waals surface area (Å²) in [6.45, 7) is 5.78. The molecule has 88 valence electrons. The van der Waals surface area contributed by atoms with Gasteiger partial charge >= 0.3 is 5.97 Å². The zero-order valence-corrected chi connectivity index (χ0v) is 9.49. The number of hydrogen-bond acceptors (Lipinski definition) is 3. The van der Waals surface area contributed by atoms with Crippen LogP contribution in [-0.2, 0) is 9.59 Å². The average molecular weight is 216 g/mol. The lowest BCUT2D eigenvalue weighted by Gasteiger charge is -2.20. The summed E-state index contributed by atoms with van der Waals surface area (Å²) in [5.41, 5.74) is 5.47. The minimum absolute atomic E-state index is 0.0683. The third kappa shape index (κ3) is 5.37. The molecule has 0 saturated carbocycles. The fourth-order valence-electron chi connectivity index (χ4n) is 1.34. The summed E-state index contributed by atoms with van der Waals surface area (Å²) in [6, 6.07) is -0.359. The normalized spacial score (nSPS) is 14.7. The number of carboxylic acids is 1. The van der Waals surface area contributed by atoms with Crippen LogP contribution < -0.4 is 11.1 Å². The maximum atomic E-state index is 11.6. The zero-order valence-electron chi connectivity index (χ0n) is 9.49. The summed E-state index contributed by atoms with van der Waals surface area (Å²) in [6.07, 6.45) is -0.0683. The van der Waals surface area contributed by atoms with E-state index in [9.17, 15) is 9.59 Å². The van der Waals surface area contributed by atoms with Crippen LogP contribution in [-0.4, -0.2) is 29.6 Å². The van der Waals surface area contributed by atoms with Crippen molar-refractivity contribution in [1.29, 1.82) is 0 Å². The SMILES string of the molecule is CC(CC(=O)O)NC(=O)C(CN)C(C)C. The largest absolute Gasteiger partial charge is 0.481 e. The molecule has 0 aromatic heterocycles. The predicted octanol–water partition coefficient (Wildman–Crippen LogP) is 0.197. The van der Waals surface area contributed by atoms with Crippen LogP contribution in [0.3, 0.4) is 0 Å². The van der Waals surface area contributed by atoms with Gasteiger partial charge in [-0.1, -0.05) is 13.8 Å². The molecule has 0 rings (SSSR count). The van der Waals surface area contributed by atoms with Crippen molar-refractivity contribution in [2.75, 3.05) is 6.54 Å². The minimum atomic E-state index is -0.920. The Labute approximate surface area is 90.0 Å². The highest BCUT2D eigenvalue weighted by Crippen LogP contribution is 2.09. The molecule has 0 aromatic rings. The van der Waals surface area contributed by atoms with E-state index < -0.39 is 5.97 Å². The molecule has 5 heteroatoms. The molecule has 0 radical (unpaired) electrons. The van der Waals surface area contributed by atoms with E-state index in [-0.39, 0.29) is 36.8 Å². The Bertz CT molecular complexity index is 229. The maximum Gasteiger partial charge on any atom is 0.305 e. The summed E-state index contributed by atoms with van der Waals surface area (Å²) in [5.74, 6) is -1.17. The molecule has 0 heterocycles. The molecule has 0 saturated heterocycles. The summed E-state index contributed by atoms with van der Waals surface area (Å²) in [4.78, 5) is 22.0. The van der Waals surface area contributed by atoms with Gasteiger partial charge in [0.05, 0.1) is 12.3 Å². The quantitative estimate of drug-likeness (QED) is 0.591. The second-order valence-electron chi connectivity index (χ2n) is 4.09. The Morgan fingerprint density at radius 3 is 2.20 bits per heavy atom. The van der Waals surface area contributed by atoms with E-state index in [0.29, 0.717) is 0 Å². The molecule has 2 unspecified atom stereocenters. The van der Waals surface area contributed by atoms with Gasteiger partial charge in [0.2, 0.25) is 5.91 Å². The van der Waals surface area contributed by atoms with Gasteiger partial charge in [0.25, 0.3) is 0 Å². The van der Waals surface area contributed by atoms with Crippen LogP contribution in [0.1, 0.15) is 27.2 Å². The number of carboxylic acid groups (broad SMARTS) is 1. The van der Waals surface area contributed by atoms with Crippen LogP contribution in [0.25, 0.3) is 0 Å². The number of hydrogen-bond donors (Lipinski definition) is 3. The van der Waals surface area contributed by atoms with Crippen molar-refractivity contribution >= 4 is 11.9 Å². The Morgan fingerprint density at radius 1 is 1.33 bits per heavy atom. The van der Waals surface area contributed by atoms with Crippen molar-refractivity contribution < 1.29 is 14.7 Å². The van der Waals surface area contributed by atoms with Crippen molar-refractivity contribution in [1.82, 2.24) is 5.32 Å². The van der Waals surface area contributed by atoms with Crippen molar-refractivity contribution in [3.05, 3.63) is 0 Å². The van der Waals surface area contributed by atoms with E-state index in [0.717, 1.165) is 0 Å². The molecular weight excluding hydrogens is 196 g/mol. The van der Waals surface area contributed by atoms with Gasteiger partial charge in [-0.25, -0.2) is 0 Å². The second-order valence-corrected chi connectivity index (χ2v) is 4.09. The van der Waals surface area contributed by atoms with Crippen LogP contribution in [0.15, 0.2) is 0 Å². The summed E-state index contributed by atoms with van der Waals surface area (Å²) >= 11 is 0. The van der Waals surface area contributed by atoms with E-state index in [2.05, 4.69) is 5.32 Å². The topological polar surface area (TPSA) is 92.4 Å².